The molecule has 0 aliphatic heterocycles. The van der Waals surface area contributed by atoms with Gasteiger partial charge in [-0.3, -0.25) is 0 Å². The number of rotatable bonds is 18. The zero-order valence-electron chi connectivity index (χ0n) is 74.1. The van der Waals surface area contributed by atoms with Crippen LogP contribution < -0.4 is 9.80 Å². The minimum absolute atomic E-state index is 0.437. The molecule has 9 nitrogen and oxygen atoms in total. The summed E-state index contributed by atoms with van der Waals surface area (Å²) in [5.41, 5.74) is 26.4. The highest BCUT2D eigenvalue weighted by Crippen LogP contribution is 2.46. The minimum Gasteiger partial charge on any atom is -0.456 e. The van der Waals surface area contributed by atoms with Crippen LogP contribution >= 0.6 is 31.9 Å². The lowest BCUT2D eigenvalue weighted by Crippen LogP contribution is -2.10. The van der Waals surface area contributed by atoms with Crippen LogP contribution in [0.2, 0.25) is 0 Å². The fourth-order valence-electron chi connectivity index (χ4n) is 18.0. The molecule has 0 radical (unpaired) electrons. The van der Waals surface area contributed by atoms with E-state index in [1.165, 1.54) is 27.8 Å². The molecule has 0 bridgehead atoms. The molecule has 644 valence electrons. The number of hydrogen-bond donors (Lipinski definition) is 0. The second-order valence-electron chi connectivity index (χ2n) is 35.1. The Labute approximate surface area is 787 Å². The van der Waals surface area contributed by atoms with E-state index < -0.39 is 0 Å². The van der Waals surface area contributed by atoms with E-state index in [2.05, 4.69) is 411 Å². The summed E-state index contributed by atoms with van der Waals surface area (Å²) >= 11 is 6.97. The first-order valence-corrected chi connectivity index (χ1v) is 46.8. The second kappa shape index (κ2) is 35.5. The van der Waals surface area contributed by atoms with Crippen molar-refractivity contribution in [1.29, 1.82) is 0 Å². The van der Waals surface area contributed by atoms with Gasteiger partial charge in [0.15, 0.2) is 0 Å². The van der Waals surface area contributed by atoms with Crippen LogP contribution in [0.3, 0.4) is 0 Å². The molecule has 0 unspecified atom stereocenters. The molecule has 0 aliphatic carbocycles. The molecule has 17 aromatic carbocycles. The van der Waals surface area contributed by atoms with Gasteiger partial charge in [0.05, 0.1) is 0 Å². The van der Waals surface area contributed by atoms with Gasteiger partial charge in [-0.1, -0.05) is 249 Å². The minimum atomic E-state index is 0.437. The summed E-state index contributed by atoms with van der Waals surface area (Å²) in [6, 6.07) is 142. The fourth-order valence-corrected chi connectivity index (χ4v) is 18.6. The first-order chi connectivity index (χ1) is 65.1. The molecule has 0 fully saturated rings. The van der Waals surface area contributed by atoms with Gasteiger partial charge < -0.3 is 40.7 Å². The third kappa shape index (κ3) is 16.8. The highest BCUT2D eigenvalue weighted by Gasteiger charge is 2.23. The number of hydrogen-bond acceptors (Lipinski definition) is 9. The SMILES string of the molecule is Brc1ccc(-c2cc3ccc4c(ccc5cc(-c6ccc(Br)cc6)oc54)c3o2)cc1.CC(C)c1ccc(Cc2ccc(-c3cc4ccccc4o3)cc2)cc1.CC(C)c1ccc(N(c2ccc(-c3cc4ccccc4o3)cc2)c2ccc(-c3cc4ccc5c(ccc6cc(-c7ccc(N(c8ccc(-c9cc%10ccccc%10o9)cc8)c8ccc(C(C)C)cc8)cc7)oc65)c4o3)cc2)cc1. The number of halogens is 2. The predicted molar refractivity (Wildman–Crippen MR) is 557 cm³/mol. The first kappa shape index (κ1) is 83.2. The molecular weight excluding hydrogens is 1770 g/mol. The molecule has 24 aromatic rings. The van der Waals surface area contributed by atoms with Gasteiger partial charge in [-0.25, -0.2) is 0 Å². The third-order valence-corrected chi connectivity index (χ3v) is 26.5. The van der Waals surface area contributed by atoms with Crippen LogP contribution in [-0.4, -0.2) is 0 Å². The molecular formula is C122H90Br2N2O7. The van der Waals surface area contributed by atoms with Gasteiger partial charge in [-0.15, -0.1) is 0 Å². The maximum absolute atomic E-state index is 6.78. The van der Waals surface area contributed by atoms with Crippen LogP contribution in [0.5, 0.6) is 0 Å². The van der Waals surface area contributed by atoms with E-state index in [4.69, 9.17) is 30.9 Å². The van der Waals surface area contributed by atoms with Gasteiger partial charge in [0.25, 0.3) is 0 Å². The number of furan rings is 7. The number of benzene rings is 17. The van der Waals surface area contributed by atoms with Crippen LogP contribution in [0.4, 0.5) is 34.1 Å². The topological polar surface area (TPSA) is 98.5 Å². The number of fused-ring (bicyclic) bond motifs is 13. The van der Waals surface area contributed by atoms with Gasteiger partial charge in [0.1, 0.15) is 79.4 Å². The molecule has 7 heterocycles. The smallest absolute Gasteiger partial charge is 0.142 e. The summed E-state index contributed by atoms with van der Waals surface area (Å²) in [6.07, 6.45) is 0.957. The Morgan fingerprint density at radius 2 is 0.406 bits per heavy atom. The highest BCUT2D eigenvalue weighted by atomic mass is 79.9. The Kier molecular flexibility index (Phi) is 22.2. The van der Waals surface area contributed by atoms with E-state index in [0.717, 1.165) is 227 Å². The molecule has 11 heteroatoms. The van der Waals surface area contributed by atoms with E-state index in [9.17, 15) is 0 Å². The number of anilines is 6. The lowest BCUT2D eigenvalue weighted by atomic mass is 9.98. The van der Waals surface area contributed by atoms with Gasteiger partial charge in [0, 0.05) is 141 Å². The average Bonchev–Trinajstić information content (AvgIpc) is 1.61. The molecule has 24 rings (SSSR count). The molecule has 0 atom stereocenters. The van der Waals surface area contributed by atoms with E-state index in [-0.39, 0.29) is 0 Å². The first-order valence-electron chi connectivity index (χ1n) is 45.2. The molecule has 7 aromatic heterocycles. The van der Waals surface area contributed by atoms with Crippen LogP contribution in [0.15, 0.2) is 446 Å². The molecule has 133 heavy (non-hydrogen) atoms. The van der Waals surface area contributed by atoms with Crippen molar-refractivity contribution in [3.05, 3.63) is 443 Å². The van der Waals surface area contributed by atoms with Gasteiger partial charge in [-0.05, 0) is 283 Å². The Bertz CT molecular complexity index is 7830. The van der Waals surface area contributed by atoms with E-state index >= 15 is 0 Å². The van der Waals surface area contributed by atoms with Crippen molar-refractivity contribution >= 4 is 164 Å². The molecule has 0 aliphatic rings. The van der Waals surface area contributed by atoms with Crippen LogP contribution in [0, 0.1) is 0 Å². The molecule has 0 saturated heterocycles. The van der Waals surface area contributed by atoms with Crippen molar-refractivity contribution in [3.63, 3.8) is 0 Å². The molecule has 0 spiro atoms. The van der Waals surface area contributed by atoms with Crippen LogP contribution in [-0.2, 0) is 6.42 Å². The number of para-hydroxylation sites is 3. The standard InChI is InChI=1S/C72H54N2O4.C26H14Br2O2.C24H22O/c1-45(2)47-13-27-57(28-14-47)73(59-31-17-49(18-32-59)67-41-53-9-5-7-11-65(53)75-67)61-35-21-51(22-36-61)69-43-55-25-39-64-63(71(55)77-69)40-26-56-44-70(78-72(56)64)52-23-37-62(38-24-52)74(58-29-15-48(16-30-58)46(3)4)60-33-19-50(20-34-60)68-42-54-10-6-8-12-66(54)76-68;27-19-7-1-15(2-8-19)23-13-17-5-11-22-21(25(17)29-23)12-6-18-14-24(30-26(18)22)16-3-9-20(28)10-4-16;1-17(2)20-11-7-18(8-12-20)15-19-9-13-21(14-10-19)24-16-22-5-3-4-6-23(22)25-24/h5-46H,1-4H3;1-14H;3-14,16-17H,15H2,1-2H3. The van der Waals surface area contributed by atoms with Crippen molar-refractivity contribution in [2.24, 2.45) is 0 Å². The Balaban J connectivity index is 0.000000151. The quantitative estimate of drug-likeness (QED) is 0.0832. The Hall–Kier alpha value is -15.4. The zero-order valence-corrected chi connectivity index (χ0v) is 77.3. The molecule has 0 amide bonds. The van der Waals surface area contributed by atoms with Gasteiger partial charge in [-0.2, -0.15) is 0 Å². The van der Waals surface area contributed by atoms with Crippen molar-refractivity contribution in [3.8, 4) is 79.3 Å². The van der Waals surface area contributed by atoms with E-state index in [1.807, 2.05) is 78.9 Å². The van der Waals surface area contributed by atoms with E-state index in [0.29, 0.717) is 17.8 Å². The maximum atomic E-state index is 6.78. The summed E-state index contributed by atoms with van der Waals surface area (Å²) in [4.78, 5) is 4.59. The summed E-state index contributed by atoms with van der Waals surface area (Å²) < 4.78 is 46.7. The van der Waals surface area contributed by atoms with Crippen LogP contribution in [0.25, 0.3) is 178 Å². The summed E-state index contributed by atoms with van der Waals surface area (Å²) in [5, 5.41) is 11.7. The third-order valence-electron chi connectivity index (χ3n) is 25.4. The van der Waals surface area contributed by atoms with Crippen molar-refractivity contribution in [2.45, 2.75) is 65.7 Å². The normalized spacial score (nSPS) is 11.7. The van der Waals surface area contributed by atoms with Gasteiger partial charge >= 0.3 is 0 Å². The zero-order chi connectivity index (χ0) is 89.9. The summed E-state index contributed by atoms with van der Waals surface area (Å²) in [7, 11) is 0. The Morgan fingerprint density at radius 1 is 0.203 bits per heavy atom. The largest absolute Gasteiger partial charge is 0.456 e. The second-order valence-corrected chi connectivity index (χ2v) is 37.0. The number of nitrogens with zero attached hydrogens (tertiary/aromatic N) is 2. The average molecular weight is 1860 g/mol. The monoisotopic (exact) mass is 1850 g/mol. The van der Waals surface area contributed by atoms with Crippen molar-refractivity contribution in [1.82, 2.24) is 0 Å². The van der Waals surface area contributed by atoms with Crippen molar-refractivity contribution in [2.75, 3.05) is 9.80 Å². The fraction of sp³-hybridized carbons (Fsp3) is 0.0820. The van der Waals surface area contributed by atoms with Gasteiger partial charge in [0.2, 0.25) is 0 Å². The highest BCUT2D eigenvalue weighted by molar-refractivity contribution is 9.10. The lowest BCUT2D eigenvalue weighted by molar-refractivity contribution is 0.631. The van der Waals surface area contributed by atoms with E-state index in [1.54, 1.807) is 0 Å². The summed E-state index contributed by atoms with van der Waals surface area (Å²) in [6.45, 7) is 13.4. The lowest BCUT2D eigenvalue weighted by Gasteiger charge is -2.26. The summed E-state index contributed by atoms with van der Waals surface area (Å²) in [5.74, 6) is 7.42. The Morgan fingerprint density at radius 3 is 0.654 bits per heavy atom. The van der Waals surface area contributed by atoms with Crippen LogP contribution in [0.1, 0.15) is 87.1 Å². The van der Waals surface area contributed by atoms with Crippen molar-refractivity contribution < 1.29 is 30.9 Å². The molecule has 0 saturated carbocycles. The molecule has 0 N–H and O–H groups in total. The predicted octanol–water partition coefficient (Wildman–Crippen LogP) is 37.7. The maximum Gasteiger partial charge on any atom is 0.142 e.